The van der Waals surface area contributed by atoms with Crippen molar-refractivity contribution in [2.24, 2.45) is 11.8 Å². The third-order valence-corrected chi connectivity index (χ3v) is 9.30. The van der Waals surface area contributed by atoms with Gasteiger partial charge in [-0.15, -0.1) is 0 Å². The molecule has 2 aliphatic heterocycles. The van der Waals surface area contributed by atoms with Gasteiger partial charge in [0, 0.05) is 37.7 Å². The number of carbonyl (C=O) groups is 2. The average molecular weight is 426 g/mol. The molecule has 4 fully saturated rings. The Morgan fingerprint density at radius 2 is 1.62 bits per heavy atom. The van der Waals surface area contributed by atoms with Gasteiger partial charge in [-0.25, -0.2) is 8.42 Å². The first-order valence-corrected chi connectivity index (χ1v) is 13.2. The summed E-state index contributed by atoms with van der Waals surface area (Å²) in [6.45, 7) is 4.27. The molecule has 0 aromatic carbocycles. The second-order valence-electron chi connectivity index (χ2n) is 9.77. The molecule has 2 saturated heterocycles. The average Bonchev–Trinajstić information content (AvgIpc) is 3.51. The SMILES string of the molecule is CC(=O)N1C2CCC(C3CCC(S(C)(=O)=O)CC3)NC2N(C(=O)C2CC2)C[C@@H]1C. The highest BCUT2D eigenvalue weighted by Crippen LogP contribution is 2.38. The minimum absolute atomic E-state index is 0.0301. The van der Waals surface area contributed by atoms with E-state index in [0.29, 0.717) is 12.5 Å². The summed E-state index contributed by atoms with van der Waals surface area (Å²) in [6.07, 6.45) is 8.36. The first kappa shape index (κ1) is 21.1. The summed E-state index contributed by atoms with van der Waals surface area (Å²) in [5.74, 6) is 0.931. The Bertz CT molecular complexity index is 758. The minimum Gasteiger partial charge on any atom is -0.332 e. The molecule has 29 heavy (non-hydrogen) atoms. The number of nitrogens with zero attached hydrogens (tertiary/aromatic N) is 2. The molecule has 2 aliphatic carbocycles. The number of nitrogens with one attached hydrogen (secondary N) is 1. The van der Waals surface area contributed by atoms with Gasteiger partial charge in [0.2, 0.25) is 11.8 Å². The van der Waals surface area contributed by atoms with E-state index in [1.54, 1.807) is 6.92 Å². The number of sulfone groups is 1. The summed E-state index contributed by atoms with van der Waals surface area (Å²) in [4.78, 5) is 29.3. The van der Waals surface area contributed by atoms with Crippen LogP contribution in [0.2, 0.25) is 0 Å². The summed E-state index contributed by atoms with van der Waals surface area (Å²) in [5, 5.41) is 3.56. The lowest BCUT2D eigenvalue weighted by molar-refractivity contribution is -0.156. The fourth-order valence-electron chi connectivity index (χ4n) is 5.95. The number of hydrogen-bond donors (Lipinski definition) is 1. The van der Waals surface area contributed by atoms with Crippen molar-refractivity contribution in [3.63, 3.8) is 0 Å². The van der Waals surface area contributed by atoms with E-state index < -0.39 is 9.84 Å². The molecule has 3 unspecified atom stereocenters. The Hall–Kier alpha value is -1.15. The van der Waals surface area contributed by atoms with E-state index in [4.69, 9.17) is 0 Å². The summed E-state index contributed by atoms with van der Waals surface area (Å²) >= 11 is 0. The van der Waals surface area contributed by atoms with E-state index in [1.165, 1.54) is 6.26 Å². The van der Waals surface area contributed by atoms with Crippen molar-refractivity contribution in [3.05, 3.63) is 0 Å². The standard InChI is InChI=1S/C21H35N3O4S/c1-13-12-23(21(26)16-4-5-16)20-19(24(13)14(2)25)11-10-18(22-20)15-6-8-17(9-7-15)29(3,27)28/h13,15-20,22H,4-12H2,1-3H3/t13-,15?,17?,18?,19?,20?/m0/s1. The second kappa shape index (κ2) is 7.84. The molecular formula is C21H35N3O4S. The van der Waals surface area contributed by atoms with Crippen molar-refractivity contribution in [2.75, 3.05) is 12.8 Å². The van der Waals surface area contributed by atoms with Gasteiger partial charge in [0.1, 0.15) is 16.0 Å². The molecule has 0 aromatic rings. The maximum atomic E-state index is 13.0. The maximum absolute atomic E-state index is 13.0. The Morgan fingerprint density at radius 1 is 0.966 bits per heavy atom. The number of piperazine rings is 1. The Kier molecular flexibility index (Phi) is 5.70. The van der Waals surface area contributed by atoms with Gasteiger partial charge in [-0.3, -0.25) is 14.9 Å². The topological polar surface area (TPSA) is 86.8 Å². The zero-order chi connectivity index (χ0) is 20.9. The van der Waals surface area contributed by atoms with E-state index >= 15 is 0 Å². The van der Waals surface area contributed by atoms with Crippen LogP contribution in [0.5, 0.6) is 0 Å². The number of amides is 2. The molecule has 4 aliphatic rings. The minimum atomic E-state index is -2.96. The van der Waals surface area contributed by atoms with Gasteiger partial charge in [0.15, 0.2) is 0 Å². The van der Waals surface area contributed by atoms with Gasteiger partial charge >= 0.3 is 0 Å². The van der Waals surface area contributed by atoms with E-state index in [9.17, 15) is 18.0 Å². The molecule has 8 heteroatoms. The van der Waals surface area contributed by atoms with Crippen molar-refractivity contribution >= 4 is 21.7 Å². The fourth-order valence-corrected chi connectivity index (χ4v) is 7.08. The normalized spacial score (nSPS) is 38.4. The van der Waals surface area contributed by atoms with Crippen LogP contribution in [0.25, 0.3) is 0 Å². The third-order valence-electron chi connectivity index (χ3n) is 7.62. The van der Waals surface area contributed by atoms with Crippen LogP contribution < -0.4 is 5.32 Å². The highest BCUT2D eigenvalue weighted by molar-refractivity contribution is 7.91. The number of carbonyl (C=O) groups excluding carboxylic acids is 2. The molecule has 1 N–H and O–H groups in total. The molecule has 2 heterocycles. The van der Waals surface area contributed by atoms with Crippen molar-refractivity contribution < 1.29 is 18.0 Å². The van der Waals surface area contributed by atoms with Crippen LogP contribution >= 0.6 is 0 Å². The molecule has 4 atom stereocenters. The number of hydrogen-bond acceptors (Lipinski definition) is 5. The largest absolute Gasteiger partial charge is 0.332 e. The van der Waals surface area contributed by atoms with Crippen molar-refractivity contribution in [2.45, 2.75) is 94.8 Å². The van der Waals surface area contributed by atoms with E-state index in [-0.39, 0.29) is 47.3 Å². The Labute approximate surface area is 174 Å². The number of fused-ring (bicyclic) bond motifs is 1. The van der Waals surface area contributed by atoms with Crippen LogP contribution in [0, 0.1) is 11.8 Å². The monoisotopic (exact) mass is 425 g/mol. The zero-order valence-corrected chi connectivity index (χ0v) is 18.7. The van der Waals surface area contributed by atoms with Gasteiger partial charge in [-0.2, -0.15) is 0 Å². The molecule has 2 amide bonds. The molecule has 0 bridgehead atoms. The van der Waals surface area contributed by atoms with Crippen LogP contribution in [0.1, 0.15) is 65.2 Å². The lowest BCUT2D eigenvalue weighted by Crippen LogP contribution is -2.73. The summed E-state index contributed by atoms with van der Waals surface area (Å²) in [7, 11) is -2.96. The summed E-state index contributed by atoms with van der Waals surface area (Å²) in [5.41, 5.74) is 0. The molecule has 0 aromatic heterocycles. The first-order chi connectivity index (χ1) is 13.7. The lowest BCUT2D eigenvalue weighted by Gasteiger charge is -2.55. The van der Waals surface area contributed by atoms with Crippen LogP contribution in [0.3, 0.4) is 0 Å². The van der Waals surface area contributed by atoms with Gasteiger partial charge in [0.25, 0.3) is 0 Å². The molecule has 0 spiro atoms. The van der Waals surface area contributed by atoms with Crippen LogP contribution in [0.15, 0.2) is 0 Å². The quantitative estimate of drug-likeness (QED) is 0.741. The van der Waals surface area contributed by atoms with Gasteiger partial charge in [-0.1, -0.05) is 0 Å². The highest BCUT2D eigenvalue weighted by Gasteiger charge is 2.49. The third kappa shape index (κ3) is 4.20. The van der Waals surface area contributed by atoms with Crippen molar-refractivity contribution in [1.82, 2.24) is 15.1 Å². The van der Waals surface area contributed by atoms with Crippen molar-refractivity contribution in [3.8, 4) is 0 Å². The van der Waals surface area contributed by atoms with Crippen LogP contribution in [-0.2, 0) is 19.4 Å². The number of rotatable bonds is 3. The van der Waals surface area contributed by atoms with Crippen LogP contribution in [0.4, 0.5) is 0 Å². The molecular weight excluding hydrogens is 390 g/mol. The lowest BCUT2D eigenvalue weighted by atomic mass is 9.78. The molecule has 164 valence electrons. The molecule has 0 radical (unpaired) electrons. The van der Waals surface area contributed by atoms with Crippen molar-refractivity contribution in [1.29, 1.82) is 0 Å². The van der Waals surface area contributed by atoms with Crippen LogP contribution in [-0.4, -0.2) is 72.4 Å². The van der Waals surface area contributed by atoms with E-state index in [1.807, 2.05) is 16.7 Å². The van der Waals surface area contributed by atoms with Gasteiger partial charge in [0.05, 0.1) is 11.3 Å². The Balaban J connectivity index is 1.48. The van der Waals surface area contributed by atoms with E-state index in [2.05, 4.69) is 5.32 Å². The molecule has 7 nitrogen and oxygen atoms in total. The fraction of sp³-hybridized carbons (Fsp3) is 0.905. The first-order valence-electron chi connectivity index (χ1n) is 11.2. The van der Waals surface area contributed by atoms with Gasteiger partial charge in [-0.05, 0) is 64.2 Å². The van der Waals surface area contributed by atoms with Gasteiger partial charge < -0.3 is 9.80 Å². The predicted molar refractivity (Wildman–Crippen MR) is 111 cm³/mol. The Morgan fingerprint density at radius 3 is 2.17 bits per heavy atom. The second-order valence-corrected chi connectivity index (χ2v) is 12.1. The number of piperidine rings is 1. The highest BCUT2D eigenvalue weighted by atomic mass is 32.2. The molecule has 4 rings (SSSR count). The molecule has 2 saturated carbocycles. The predicted octanol–water partition coefficient (Wildman–Crippen LogP) is 1.53. The smallest absolute Gasteiger partial charge is 0.227 e. The zero-order valence-electron chi connectivity index (χ0n) is 17.8. The summed E-state index contributed by atoms with van der Waals surface area (Å²) in [6, 6.07) is 0.357. The summed E-state index contributed by atoms with van der Waals surface area (Å²) < 4.78 is 23.8. The maximum Gasteiger partial charge on any atom is 0.227 e. The van der Waals surface area contributed by atoms with E-state index in [0.717, 1.165) is 51.4 Å².